The highest BCUT2D eigenvalue weighted by Crippen LogP contribution is 2.20. The Morgan fingerprint density at radius 2 is 2.30 bits per heavy atom. The van der Waals surface area contributed by atoms with Crippen LogP contribution in [0.1, 0.15) is 18.9 Å². The number of nitrogens with zero attached hydrogens (tertiary/aromatic N) is 1. The number of hydrogen-bond donors (Lipinski definition) is 2. The van der Waals surface area contributed by atoms with E-state index in [0.29, 0.717) is 12.3 Å². The van der Waals surface area contributed by atoms with Crippen LogP contribution in [0, 0.1) is 5.92 Å². The number of carbonyl (C=O) groups is 1. The van der Waals surface area contributed by atoms with Crippen molar-refractivity contribution in [2.45, 2.75) is 25.8 Å². The number of H-pyrrole nitrogens is 1. The number of nitrogens with one attached hydrogen (secondary N) is 1. The molecule has 1 aromatic carbocycles. The molecular weight excluding hydrogens is 250 g/mol. The van der Waals surface area contributed by atoms with E-state index in [0.717, 1.165) is 36.0 Å². The summed E-state index contributed by atoms with van der Waals surface area (Å²) >= 11 is 0. The average Bonchev–Trinajstić information content (AvgIpc) is 3.05. The summed E-state index contributed by atoms with van der Waals surface area (Å²) in [4.78, 5) is 17.5. The number of rotatable bonds is 3. The van der Waals surface area contributed by atoms with Gasteiger partial charge in [-0.25, -0.2) is 0 Å². The van der Waals surface area contributed by atoms with Crippen molar-refractivity contribution in [1.29, 1.82) is 0 Å². The Bertz CT molecular complexity index is 619. The van der Waals surface area contributed by atoms with Gasteiger partial charge in [-0.15, -0.1) is 0 Å². The van der Waals surface area contributed by atoms with Crippen LogP contribution < -0.4 is 5.73 Å². The van der Waals surface area contributed by atoms with E-state index in [1.54, 1.807) is 0 Å². The normalized spacial score (nSPS) is 20.5. The van der Waals surface area contributed by atoms with E-state index < -0.39 is 6.04 Å². The van der Waals surface area contributed by atoms with Gasteiger partial charge in [0.2, 0.25) is 5.91 Å². The fourth-order valence-corrected chi connectivity index (χ4v) is 2.99. The van der Waals surface area contributed by atoms with Crippen molar-refractivity contribution < 1.29 is 4.79 Å². The number of amides is 1. The van der Waals surface area contributed by atoms with Crippen LogP contribution in [-0.4, -0.2) is 34.9 Å². The van der Waals surface area contributed by atoms with Crippen LogP contribution >= 0.6 is 0 Å². The van der Waals surface area contributed by atoms with Gasteiger partial charge in [0, 0.05) is 30.2 Å². The Hall–Kier alpha value is -1.81. The minimum absolute atomic E-state index is 0.0830. The molecule has 106 valence electrons. The van der Waals surface area contributed by atoms with Crippen LogP contribution in [0.3, 0.4) is 0 Å². The summed E-state index contributed by atoms with van der Waals surface area (Å²) in [6.45, 7) is 3.88. The predicted octanol–water partition coefficient (Wildman–Crippen LogP) is 1.91. The average molecular weight is 271 g/mol. The van der Waals surface area contributed by atoms with Crippen molar-refractivity contribution in [1.82, 2.24) is 9.88 Å². The second-order valence-electron chi connectivity index (χ2n) is 5.85. The molecule has 1 aromatic heterocycles. The molecule has 0 bridgehead atoms. The second-order valence-corrected chi connectivity index (χ2v) is 5.85. The fraction of sp³-hybridized carbons (Fsp3) is 0.438. The van der Waals surface area contributed by atoms with Gasteiger partial charge in [0.25, 0.3) is 0 Å². The molecule has 20 heavy (non-hydrogen) atoms. The third-order valence-electron chi connectivity index (χ3n) is 4.17. The quantitative estimate of drug-likeness (QED) is 0.895. The minimum atomic E-state index is -0.445. The van der Waals surface area contributed by atoms with Crippen molar-refractivity contribution in [3.05, 3.63) is 36.0 Å². The second kappa shape index (κ2) is 5.29. The number of aromatic nitrogens is 1. The molecule has 2 aromatic rings. The topological polar surface area (TPSA) is 62.1 Å². The van der Waals surface area contributed by atoms with E-state index in [9.17, 15) is 4.79 Å². The highest BCUT2D eigenvalue weighted by molar-refractivity contribution is 5.86. The summed E-state index contributed by atoms with van der Waals surface area (Å²) in [5.74, 6) is 0.680. The molecule has 1 fully saturated rings. The van der Waals surface area contributed by atoms with Gasteiger partial charge >= 0.3 is 0 Å². The van der Waals surface area contributed by atoms with Crippen LogP contribution in [-0.2, 0) is 11.2 Å². The molecule has 1 aliphatic rings. The molecule has 2 heterocycles. The smallest absolute Gasteiger partial charge is 0.239 e. The number of fused-ring (bicyclic) bond motifs is 1. The van der Waals surface area contributed by atoms with Crippen molar-refractivity contribution in [3.8, 4) is 0 Å². The highest BCUT2D eigenvalue weighted by atomic mass is 16.2. The third kappa shape index (κ3) is 2.43. The Kier molecular flexibility index (Phi) is 3.49. The highest BCUT2D eigenvalue weighted by Gasteiger charge is 2.27. The number of hydrogen-bond acceptors (Lipinski definition) is 2. The number of para-hydroxylation sites is 1. The van der Waals surface area contributed by atoms with E-state index >= 15 is 0 Å². The van der Waals surface area contributed by atoms with Gasteiger partial charge in [-0.05, 0) is 30.4 Å². The summed E-state index contributed by atoms with van der Waals surface area (Å²) in [5.41, 5.74) is 8.33. The fourth-order valence-electron chi connectivity index (χ4n) is 2.99. The van der Waals surface area contributed by atoms with Gasteiger partial charge in [0.05, 0.1) is 6.04 Å². The zero-order chi connectivity index (χ0) is 14.1. The minimum Gasteiger partial charge on any atom is -0.361 e. The Morgan fingerprint density at radius 3 is 3.05 bits per heavy atom. The SMILES string of the molecule is CC1CCN(C(=O)[C@H](N)Cc2c[nH]c3ccccc23)C1. The molecule has 3 N–H and O–H groups in total. The van der Waals surface area contributed by atoms with Crippen molar-refractivity contribution in [3.63, 3.8) is 0 Å². The standard InChI is InChI=1S/C16H21N3O/c1-11-6-7-19(10-11)16(20)14(17)8-12-9-18-15-5-3-2-4-13(12)15/h2-5,9,11,14,18H,6-8,10,17H2,1H3/t11?,14-/m1/s1. The van der Waals surface area contributed by atoms with Gasteiger partial charge in [0.1, 0.15) is 0 Å². The van der Waals surface area contributed by atoms with Crippen LogP contribution in [0.4, 0.5) is 0 Å². The molecule has 1 unspecified atom stereocenters. The molecule has 2 atom stereocenters. The molecule has 1 aliphatic heterocycles. The number of benzene rings is 1. The number of carbonyl (C=O) groups excluding carboxylic acids is 1. The first-order chi connectivity index (χ1) is 9.65. The van der Waals surface area contributed by atoms with E-state index in [4.69, 9.17) is 5.73 Å². The van der Waals surface area contributed by atoms with Crippen LogP contribution in [0.15, 0.2) is 30.5 Å². The molecule has 3 rings (SSSR count). The summed E-state index contributed by atoms with van der Waals surface area (Å²) in [7, 11) is 0. The first-order valence-corrected chi connectivity index (χ1v) is 7.24. The molecule has 1 saturated heterocycles. The van der Waals surface area contributed by atoms with Gasteiger partial charge in [0.15, 0.2) is 0 Å². The first kappa shape index (κ1) is 13.2. The van der Waals surface area contributed by atoms with Crippen LogP contribution in [0.2, 0.25) is 0 Å². The Morgan fingerprint density at radius 1 is 1.50 bits per heavy atom. The van der Waals surface area contributed by atoms with Crippen molar-refractivity contribution in [2.75, 3.05) is 13.1 Å². The molecule has 4 nitrogen and oxygen atoms in total. The summed E-state index contributed by atoms with van der Waals surface area (Å²) in [6, 6.07) is 7.67. The lowest BCUT2D eigenvalue weighted by molar-refractivity contribution is -0.131. The molecule has 0 spiro atoms. The van der Waals surface area contributed by atoms with Gasteiger partial charge in [-0.1, -0.05) is 25.1 Å². The van der Waals surface area contributed by atoms with Crippen LogP contribution in [0.5, 0.6) is 0 Å². The number of aromatic amines is 1. The molecule has 1 amide bonds. The molecule has 0 aliphatic carbocycles. The maximum atomic E-state index is 12.3. The monoisotopic (exact) mass is 271 g/mol. The molecule has 4 heteroatoms. The zero-order valence-electron chi connectivity index (χ0n) is 11.8. The van der Waals surface area contributed by atoms with Crippen LogP contribution in [0.25, 0.3) is 10.9 Å². The molecule has 0 saturated carbocycles. The predicted molar refractivity (Wildman–Crippen MR) is 80.3 cm³/mol. The maximum absolute atomic E-state index is 12.3. The Balaban J connectivity index is 1.72. The lowest BCUT2D eigenvalue weighted by atomic mass is 10.0. The lowest BCUT2D eigenvalue weighted by Gasteiger charge is -2.20. The first-order valence-electron chi connectivity index (χ1n) is 7.24. The van der Waals surface area contributed by atoms with Gasteiger partial charge in [-0.3, -0.25) is 4.79 Å². The molecule has 0 radical (unpaired) electrons. The van der Waals surface area contributed by atoms with Gasteiger partial charge in [-0.2, -0.15) is 0 Å². The number of nitrogens with two attached hydrogens (primary N) is 1. The zero-order valence-corrected chi connectivity index (χ0v) is 11.8. The van der Waals surface area contributed by atoms with E-state index in [-0.39, 0.29) is 5.91 Å². The summed E-state index contributed by atoms with van der Waals surface area (Å²) in [5, 5.41) is 1.16. The van der Waals surface area contributed by atoms with Gasteiger partial charge < -0.3 is 15.6 Å². The lowest BCUT2D eigenvalue weighted by Crippen LogP contribution is -2.43. The van der Waals surface area contributed by atoms with E-state index in [1.807, 2.05) is 29.3 Å². The summed E-state index contributed by atoms with van der Waals surface area (Å²) < 4.78 is 0. The van der Waals surface area contributed by atoms with E-state index in [1.165, 1.54) is 0 Å². The maximum Gasteiger partial charge on any atom is 0.239 e. The Labute approximate surface area is 118 Å². The number of likely N-dealkylation sites (tertiary alicyclic amines) is 1. The largest absolute Gasteiger partial charge is 0.361 e. The van der Waals surface area contributed by atoms with Crippen molar-refractivity contribution >= 4 is 16.8 Å². The third-order valence-corrected chi connectivity index (χ3v) is 4.17. The summed E-state index contributed by atoms with van der Waals surface area (Å²) in [6.07, 6.45) is 3.64. The van der Waals surface area contributed by atoms with Crippen molar-refractivity contribution in [2.24, 2.45) is 11.7 Å². The molecular formula is C16H21N3O. The van der Waals surface area contributed by atoms with E-state index in [2.05, 4.69) is 18.0 Å².